The zero-order chi connectivity index (χ0) is 21.2. The molecule has 1 aromatic carbocycles. The number of hydrogen-bond donors (Lipinski definition) is 1. The number of sulfonamides is 1. The maximum Gasteiger partial charge on any atom is 0.262 e. The molecule has 1 aromatic heterocycles. The first-order valence-corrected chi connectivity index (χ1v) is 10.7. The molecule has 2 aromatic rings. The van der Waals surface area contributed by atoms with Crippen molar-refractivity contribution in [2.45, 2.75) is 24.8 Å². The standard InChI is InChI=1S/C19H26N4O5S/c1-13-20-18(12-22(13)2)29(25,26)23-9-7-14(8-10-23)19(24)21-16-11-15(27-3)5-6-17(16)28-4/h5-6,11-12,14H,7-10H2,1-4H3,(H,21,24). The quantitative estimate of drug-likeness (QED) is 0.761. The number of imidazole rings is 1. The van der Waals surface area contributed by atoms with Gasteiger partial charge in [0.1, 0.15) is 17.3 Å². The van der Waals surface area contributed by atoms with Gasteiger partial charge in [-0.3, -0.25) is 4.79 Å². The van der Waals surface area contributed by atoms with E-state index in [1.807, 2.05) is 0 Å². The van der Waals surface area contributed by atoms with Gasteiger partial charge in [0.25, 0.3) is 10.0 Å². The van der Waals surface area contributed by atoms with Gasteiger partial charge in [0.05, 0.1) is 19.9 Å². The Kier molecular flexibility index (Phi) is 6.13. The van der Waals surface area contributed by atoms with E-state index in [1.165, 1.54) is 17.6 Å². The highest BCUT2D eigenvalue weighted by atomic mass is 32.2. The van der Waals surface area contributed by atoms with Crippen LogP contribution in [0.3, 0.4) is 0 Å². The average molecular weight is 423 g/mol. The van der Waals surface area contributed by atoms with Crippen molar-refractivity contribution < 1.29 is 22.7 Å². The number of aryl methyl sites for hydroxylation is 2. The number of aromatic nitrogens is 2. The Morgan fingerprint density at radius 1 is 1.21 bits per heavy atom. The fourth-order valence-corrected chi connectivity index (χ4v) is 4.78. The Balaban J connectivity index is 1.65. The third kappa shape index (κ3) is 4.38. The number of piperidine rings is 1. The number of ether oxygens (including phenoxy) is 2. The lowest BCUT2D eigenvalue weighted by Gasteiger charge is -2.30. The van der Waals surface area contributed by atoms with Gasteiger partial charge in [0.2, 0.25) is 5.91 Å². The largest absolute Gasteiger partial charge is 0.497 e. The second-order valence-electron chi connectivity index (χ2n) is 6.97. The van der Waals surface area contributed by atoms with Gasteiger partial charge in [-0.25, -0.2) is 13.4 Å². The normalized spacial score (nSPS) is 15.9. The van der Waals surface area contributed by atoms with Gasteiger partial charge in [-0.1, -0.05) is 0 Å². The van der Waals surface area contributed by atoms with Gasteiger partial charge in [0.15, 0.2) is 5.03 Å². The molecule has 1 saturated heterocycles. The van der Waals surface area contributed by atoms with Crippen LogP contribution in [0.25, 0.3) is 0 Å². The van der Waals surface area contributed by atoms with Gasteiger partial charge in [-0.15, -0.1) is 0 Å². The van der Waals surface area contributed by atoms with E-state index in [0.29, 0.717) is 35.9 Å². The number of benzene rings is 1. The zero-order valence-corrected chi connectivity index (χ0v) is 17.8. The molecule has 2 heterocycles. The zero-order valence-electron chi connectivity index (χ0n) is 17.0. The Labute approximate surface area is 170 Å². The van der Waals surface area contributed by atoms with Crippen LogP contribution in [0.1, 0.15) is 18.7 Å². The van der Waals surface area contributed by atoms with Crippen LogP contribution in [-0.4, -0.2) is 55.5 Å². The van der Waals surface area contributed by atoms with Crippen molar-refractivity contribution in [3.63, 3.8) is 0 Å². The summed E-state index contributed by atoms with van der Waals surface area (Å²) >= 11 is 0. The Hall–Kier alpha value is -2.59. The summed E-state index contributed by atoms with van der Waals surface area (Å²) in [7, 11) is 1.17. The lowest BCUT2D eigenvalue weighted by Crippen LogP contribution is -2.41. The van der Waals surface area contributed by atoms with Crippen LogP contribution in [0.2, 0.25) is 0 Å². The van der Waals surface area contributed by atoms with Gasteiger partial charge in [-0.2, -0.15) is 4.31 Å². The minimum absolute atomic E-state index is 0.0431. The van der Waals surface area contributed by atoms with Crippen molar-refractivity contribution >= 4 is 21.6 Å². The number of rotatable bonds is 6. The minimum atomic E-state index is -3.66. The van der Waals surface area contributed by atoms with E-state index in [0.717, 1.165) is 0 Å². The van der Waals surface area contributed by atoms with Crippen molar-refractivity contribution in [2.24, 2.45) is 13.0 Å². The van der Waals surface area contributed by atoms with E-state index >= 15 is 0 Å². The molecule has 158 valence electrons. The number of carbonyl (C=O) groups is 1. The average Bonchev–Trinajstić information content (AvgIpc) is 3.07. The summed E-state index contributed by atoms with van der Waals surface area (Å²) in [5, 5.41) is 2.92. The van der Waals surface area contributed by atoms with Gasteiger partial charge >= 0.3 is 0 Å². The molecule has 1 amide bonds. The van der Waals surface area contributed by atoms with E-state index in [4.69, 9.17) is 9.47 Å². The molecule has 0 bridgehead atoms. The molecular weight excluding hydrogens is 396 g/mol. The Morgan fingerprint density at radius 3 is 2.45 bits per heavy atom. The number of anilines is 1. The van der Waals surface area contributed by atoms with E-state index in [-0.39, 0.29) is 29.9 Å². The summed E-state index contributed by atoms with van der Waals surface area (Å²) in [6.45, 7) is 2.29. The predicted molar refractivity (Wildman–Crippen MR) is 108 cm³/mol. The van der Waals surface area contributed by atoms with Crippen LogP contribution in [-0.2, 0) is 21.9 Å². The minimum Gasteiger partial charge on any atom is -0.497 e. The summed E-state index contributed by atoms with van der Waals surface area (Å²) in [6, 6.07) is 5.16. The first-order valence-electron chi connectivity index (χ1n) is 9.29. The Morgan fingerprint density at radius 2 is 1.90 bits per heavy atom. The van der Waals surface area contributed by atoms with E-state index < -0.39 is 10.0 Å². The SMILES string of the molecule is COc1ccc(OC)c(NC(=O)C2CCN(S(=O)(=O)c3cn(C)c(C)n3)CC2)c1. The molecular formula is C19H26N4O5S. The molecule has 1 fully saturated rings. The summed E-state index contributed by atoms with van der Waals surface area (Å²) in [4.78, 5) is 16.8. The van der Waals surface area contributed by atoms with Crippen LogP contribution in [0.4, 0.5) is 5.69 Å². The predicted octanol–water partition coefficient (Wildman–Crippen LogP) is 1.79. The van der Waals surface area contributed by atoms with Crippen molar-refractivity contribution in [1.29, 1.82) is 0 Å². The van der Waals surface area contributed by atoms with Crippen molar-refractivity contribution in [3.05, 3.63) is 30.2 Å². The molecule has 9 nitrogen and oxygen atoms in total. The molecule has 0 atom stereocenters. The van der Waals surface area contributed by atoms with Crippen molar-refractivity contribution in [1.82, 2.24) is 13.9 Å². The van der Waals surface area contributed by atoms with Crippen LogP contribution in [0, 0.1) is 12.8 Å². The summed E-state index contributed by atoms with van der Waals surface area (Å²) < 4.78 is 39.1. The second-order valence-corrected chi connectivity index (χ2v) is 8.86. The molecule has 0 radical (unpaired) electrons. The number of nitrogens with one attached hydrogen (secondary N) is 1. The Bertz CT molecular complexity index is 975. The topological polar surface area (TPSA) is 103 Å². The number of carbonyl (C=O) groups excluding carboxylic acids is 1. The summed E-state index contributed by atoms with van der Waals surface area (Å²) in [5.41, 5.74) is 0.524. The second kappa shape index (κ2) is 8.42. The lowest BCUT2D eigenvalue weighted by atomic mass is 9.97. The third-order valence-electron chi connectivity index (χ3n) is 5.18. The molecule has 0 spiro atoms. The summed E-state index contributed by atoms with van der Waals surface area (Å²) in [6.07, 6.45) is 2.38. The summed E-state index contributed by atoms with van der Waals surface area (Å²) in [5.74, 6) is 1.31. The third-order valence-corrected chi connectivity index (χ3v) is 6.95. The molecule has 3 rings (SSSR count). The van der Waals surface area contributed by atoms with Crippen LogP contribution in [0.15, 0.2) is 29.4 Å². The number of methoxy groups -OCH3 is 2. The fraction of sp³-hybridized carbons (Fsp3) is 0.474. The van der Waals surface area contributed by atoms with E-state index in [9.17, 15) is 13.2 Å². The molecule has 0 aliphatic carbocycles. The van der Waals surface area contributed by atoms with Gasteiger partial charge < -0.3 is 19.4 Å². The number of hydrogen-bond acceptors (Lipinski definition) is 6. The molecule has 1 aliphatic rings. The van der Waals surface area contributed by atoms with Gasteiger partial charge in [0, 0.05) is 38.3 Å². The highest BCUT2D eigenvalue weighted by molar-refractivity contribution is 7.89. The maximum absolute atomic E-state index is 12.8. The molecule has 1 N–H and O–H groups in total. The van der Waals surface area contributed by atoms with Crippen molar-refractivity contribution in [2.75, 3.05) is 32.6 Å². The van der Waals surface area contributed by atoms with Crippen molar-refractivity contribution in [3.8, 4) is 11.5 Å². The lowest BCUT2D eigenvalue weighted by molar-refractivity contribution is -0.120. The molecule has 29 heavy (non-hydrogen) atoms. The van der Waals surface area contributed by atoms with Crippen LogP contribution >= 0.6 is 0 Å². The molecule has 1 aliphatic heterocycles. The fourth-order valence-electron chi connectivity index (χ4n) is 3.29. The van der Waals surface area contributed by atoms with Gasteiger partial charge in [-0.05, 0) is 31.9 Å². The highest BCUT2D eigenvalue weighted by Gasteiger charge is 2.33. The highest BCUT2D eigenvalue weighted by Crippen LogP contribution is 2.31. The van der Waals surface area contributed by atoms with E-state index in [1.54, 1.807) is 43.8 Å². The van der Waals surface area contributed by atoms with E-state index in [2.05, 4.69) is 10.3 Å². The van der Waals surface area contributed by atoms with Crippen LogP contribution in [0.5, 0.6) is 11.5 Å². The monoisotopic (exact) mass is 422 g/mol. The molecule has 10 heteroatoms. The molecule has 0 unspecified atom stereocenters. The molecule has 0 saturated carbocycles. The van der Waals surface area contributed by atoms with Crippen LogP contribution < -0.4 is 14.8 Å². The number of nitrogens with zero attached hydrogens (tertiary/aromatic N) is 3. The maximum atomic E-state index is 12.8. The first kappa shape index (κ1) is 21.1. The first-order chi connectivity index (χ1) is 13.8. The number of amides is 1. The smallest absolute Gasteiger partial charge is 0.262 e.